The average molecular weight is 318 g/mol. The minimum Gasteiger partial charge on any atom is -0.494 e. The van der Waals surface area contributed by atoms with Crippen LogP contribution in [0, 0.1) is 0 Å². The molecule has 2 rings (SSSR count). The lowest BCUT2D eigenvalue weighted by molar-refractivity contribution is -0.122. The fourth-order valence-corrected chi connectivity index (χ4v) is 3.32. The van der Waals surface area contributed by atoms with Crippen LogP contribution in [0.2, 0.25) is 0 Å². The Bertz CT molecular complexity index is 502. The van der Waals surface area contributed by atoms with Crippen LogP contribution in [0.3, 0.4) is 0 Å². The van der Waals surface area contributed by atoms with Gasteiger partial charge in [0.2, 0.25) is 5.91 Å². The minimum absolute atomic E-state index is 0.153. The second-order valence-corrected chi connectivity index (χ2v) is 6.59. The summed E-state index contributed by atoms with van der Waals surface area (Å²) in [5.41, 5.74) is 1.11. The maximum atomic E-state index is 12.3. The summed E-state index contributed by atoms with van der Waals surface area (Å²) in [6.07, 6.45) is 5.85. The minimum atomic E-state index is 0.153. The van der Waals surface area contributed by atoms with Crippen LogP contribution in [0.25, 0.3) is 0 Å². The van der Waals surface area contributed by atoms with Crippen molar-refractivity contribution in [1.82, 2.24) is 10.2 Å². The molecule has 1 N–H and O–H groups in total. The van der Waals surface area contributed by atoms with Crippen LogP contribution >= 0.6 is 0 Å². The van der Waals surface area contributed by atoms with Gasteiger partial charge >= 0.3 is 0 Å². The molecule has 1 saturated carbocycles. The maximum absolute atomic E-state index is 12.3. The largest absolute Gasteiger partial charge is 0.494 e. The third-order valence-electron chi connectivity index (χ3n) is 4.64. The monoisotopic (exact) mass is 318 g/mol. The van der Waals surface area contributed by atoms with Crippen molar-refractivity contribution in [3.63, 3.8) is 0 Å². The van der Waals surface area contributed by atoms with Crippen LogP contribution in [0.15, 0.2) is 24.3 Å². The number of aryl methyl sites for hydroxylation is 1. The summed E-state index contributed by atoms with van der Waals surface area (Å²) in [6.45, 7) is 2.63. The van der Waals surface area contributed by atoms with Crippen molar-refractivity contribution < 1.29 is 9.53 Å². The van der Waals surface area contributed by atoms with Gasteiger partial charge in [0.05, 0.1) is 6.61 Å². The number of nitrogens with zero attached hydrogens (tertiary/aromatic N) is 1. The number of hydrogen-bond donors (Lipinski definition) is 1. The van der Waals surface area contributed by atoms with Gasteiger partial charge in [0.1, 0.15) is 5.75 Å². The highest BCUT2D eigenvalue weighted by Crippen LogP contribution is 2.22. The molecule has 2 unspecified atom stereocenters. The molecule has 0 bridgehead atoms. The lowest BCUT2D eigenvalue weighted by Crippen LogP contribution is -2.43. The van der Waals surface area contributed by atoms with Crippen LogP contribution in [0.4, 0.5) is 0 Å². The van der Waals surface area contributed by atoms with Crippen LogP contribution in [-0.4, -0.2) is 43.6 Å². The summed E-state index contributed by atoms with van der Waals surface area (Å²) in [5, 5.41) is 3.22. The predicted molar refractivity (Wildman–Crippen MR) is 93.8 cm³/mol. The highest BCUT2D eigenvalue weighted by atomic mass is 16.5. The molecule has 1 fully saturated rings. The zero-order valence-electron chi connectivity index (χ0n) is 14.7. The molecule has 2 atom stereocenters. The normalized spacial score (nSPS) is 21.2. The second-order valence-electron chi connectivity index (χ2n) is 6.59. The number of para-hydroxylation sites is 1. The van der Waals surface area contributed by atoms with Crippen LogP contribution < -0.4 is 10.1 Å². The van der Waals surface area contributed by atoms with Gasteiger partial charge < -0.3 is 15.0 Å². The molecule has 1 aliphatic rings. The highest BCUT2D eigenvalue weighted by molar-refractivity contribution is 5.76. The summed E-state index contributed by atoms with van der Waals surface area (Å²) in [5.74, 6) is 1.05. The lowest BCUT2D eigenvalue weighted by atomic mass is 9.90. The Morgan fingerprint density at radius 2 is 2.09 bits per heavy atom. The SMILES string of the molecule is CCOc1ccccc1CCC(=O)NC1CCCC(N(C)C)C1. The third-order valence-corrected chi connectivity index (χ3v) is 4.64. The smallest absolute Gasteiger partial charge is 0.220 e. The molecule has 0 radical (unpaired) electrons. The highest BCUT2D eigenvalue weighted by Gasteiger charge is 2.24. The van der Waals surface area contributed by atoms with Crippen molar-refractivity contribution in [2.45, 2.75) is 57.5 Å². The van der Waals surface area contributed by atoms with E-state index in [0.717, 1.165) is 30.6 Å². The first-order valence-electron chi connectivity index (χ1n) is 8.76. The Labute approximate surface area is 140 Å². The summed E-state index contributed by atoms with van der Waals surface area (Å²) < 4.78 is 5.62. The molecule has 4 nitrogen and oxygen atoms in total. The lowest BCUT2D eigenvalue weighted by Gasteiger charge is -2.33. The second kappa shape index (κ2) is 8.92. The van der Waals surface area contributed by atoms with Crippen molar-refractivity contribution in [2.24, 2.45) is 0 Å². The average Bonchev–Trinajstić information content (AvgIpc) is 2.54. The fraction of sp³-hybridized carbons (Fsp3) is 0.632. The van der Waals surface area contributed by atoms with E-state index in [-0.39, 0.29) is 5.91 Å². The van der Waals surface area contributed by atoms with Crippen molar-refractivity contribution in [1.29, 1.82) is 0 Å². The number of nitrogens with one attached hydrogen (secondary N) is 1. The summed E-state index contributed by atoms with van der Waals surface area (Å²) in [6, 6.07) is 8.90. The van der Waals surface area contributed by atoms with Gasteiger partial charge in [-0.05, 0) is 64.8 Å². The molecular formula is C19H30N2O2. The summed E-state index contributed by atoms with van der Waals surface area (Å²) in [4.78, 5) is 14.5. The van der Waals surface area contributed by atoms with Crippen LogP contribution in [0.1, 0.15) is 44.6 Å². The van der Waals surface area contributed by atoms with E-state index in [2.05, 4.69) is 24.3 Å². The van der Waals surface area contributed by atoms with Gasteiger partial charge in [-0.15, -0.1) is 0 Å². The first-order valence-corrected chi connectivity index (χ1v) is 8.76. The summed E-state index contributed by atoms with van der Waals surface area (Å²) >= 11 is 0. The number of rotatable bonds is 7. The molecule has 4 heteroatoms. The standard InChI is InChI=1S/C19H30N2O2/c1-4-23-18-11-6-5-8-15(18)12-13-19(22)20-16-9-7-10-17(14-16)21(2)3/h5-6,8,11,16-17H,4,7,9-10,12-14H2,1-3H3,(H,20,22). The Hall–Kier alpha value is -1.55. The van der Waals surface area contributed by atoms with Gasteiger partial charge in [-0.3, -0.25) is 4.79 Å². The molecule has 0 aliphatic heterocycles. The van der Waals surface area contributed by atoms with E-state index < -0.39 is 0 Å². The molecule has 1 aromatic rings. The number of ether oxygens (including phenoxy) is 1. The van der Waals surface area contributed by atoms with Crippen LogP contribution in [-0.2, 0) is 11.2 Å². The van der Waals surface area contributed by atoms with Crippen molar-refractivity contribution in [2.75, 3.05) is 20.7 Å². The molecule has 0 spiro atoms. The molecule has 1 amide bonds. The Morgan fingerprint density at radius 1 is 1.30 bits per heavy atom. The quantitative estimate of drug-likeness (QED) is 0.840. The predicted octanol–water partition coefficient (Wildman–Crippen LogP) is 3.01. The van der Waals surface area contributed by atoms with E-state index in [0.29, 0.717) is 25.1 Å². The van der Waals surface area contributed by atoms with Crippen molar-refractivity contribution in [3.05, 3.63) is 29.8 Å². The number of amides is 1. The van der Waals surface area contributed by atoms with E-state index in [4.69, 9.17) is 4.74 Å². The van der Waals surface area contributed by atoms with Crippen molar-refractivity contribution in [3.8, 4) is 5.75 Å². The molecule has 1 aromatic carbocycles. The van der Waals surface area contributed by atoms with Gasteiger partial charge in [-0.2, -0.15) is 0 Å². The maximum Gasteiger partial charge on any atom is 0.220 e. The molecular weight excluding hydrogens is 288 g/mol. The van der Waals surface area contributed by atoms with Crippen molar-refractivity contribution >= 4 is 5.91 Å². The molecule has 0 heterocycles. The zero-order chi connectivity index (χ0) is 16.7. The van der Waals surface area contributed by atoms with Gasteiger partial charge in [0, 0.05) is 18.5 Å². The Morgan fingerprint density at radius 3 is 2.83 bits per heavy atom. The molecule has 128 valence electrons. The van der Waals surface area contributed by atoms with Gasteiger partial charge in [-0.1, -0.05) is 18.2 Å². The van der Waals surface area contributed by atoms with Gasteiger partial charge in [-0.25, -0.2) is 0 Å². The number of benzene rings is 1. The number of carbonyl (C=O) groups is 1. The topological polar surface area (TPSA) is 41.6 Å². The number of carbonyl (C=O) groups excluding carboxylic acids is 1. The van der Waals surface area contributed by atoms with E-state index in [1.807, 2.05) is 31.2 Å². The first-order chi connectivity index (χ1) is 11.1. The molecule has 23 heavy (non-hydrogen) atoms. The van der Waals surface area contributed by atoms with E-state index in [1.165, 1.54) is 12.8 Å². The zero-order valence-corrected chi connectivity index (χ0v) is 14.7. The van der Waals surface area contributed by atoms with E-state index in [9.17, 15) is 4.79 Å². The Balaban J connectivity index is 1.81. The number of hydrogen-bond acceptors (Lipinski definition) is 3. The van der Waals surface area contributed by atoms with Crippen LogP contribution in [0.5, 0.6) is 5.75 Å². The third kappa shape index (κ3) is 5.54. The fourth-order valence-electron chi connectivity index (χ4n) is 3.32. The van der Waals surface area contributed by atoms with E-state index >= 15 is 0 Å². The van der Waals surface area contributed by atoms with Gasteiger partial charge in [0.25, 0.3) is 0 Å². The molecule has 0 saturated heterocycles. The molecule has 1 aliphatic carbocycles. The Kier molecular flexibility index (Phi) is 6.90. The van der Waals surface area contributed by atoms with Gasteiger partial charge in [0.15, 0.2) is 0 Å². The molecule has 0 aromatic heterocycles. The first kappa shape index (κ1) is 17.8. The summed E-state index contributed by atoms with van der Waals surface area (Å²) in [7, 11) is 4.25. The van der Waals surface area contributed by atoms with E-state index in [1.54, 1.807) is 0 Å².